The Balaban J connectivity index is 1.54. The highest BCUT2D eigenvalue weighted by molar-refractivity contribution is 7.07. The van der Waals surface area contributed by atoms with E-state index in [1.165, 1.54) is 18.4 Å². The molecule has 3 heterocycles. The van der Waals surface area contributed by atoms with Gasteiger partial charge in [-0.15, -0.1) is 0 Å². The summed E-state index contributed by atoms with van der Waals surface area (Å²) in [6, 6.07) is 24.8. The van der Waals surface area contributed by atoms with Gasteiger partial charge in [-0.3, -0.25) is 9.36 Å². The summed E-state index contributed by atoms with van der Waals surface area (Å²) in [6.45, 7) is 6.13. The lowest BCUT2D eigenvalue weighted by Gasteiger charge is -2.26. The quantitative estimate of drug-likeness (QED) is 0.170. The van der Waals surface area contributed by atoms with Gasteiger partial charge in [0.2, 0.25) is 0 Å². The van der Waals surface area contributed by atoms with E-state index in [0.717, 1.165) is 16.7 Å². The van der Waals surface area contributed by atoms with Crippen LogP contribution < -0.4 is 14.9 Å². The number of hydrogen-bond donors (Lipinski definition) is 0. The Bertz CT molecular complexity index is 2190. The Kier molecular flexibility index (Phi) is 9.11. The first-order chi connectivity index (χ1) is 22.7. The van der Waals surface area contributed by atoms with Crippen LogP contribution in [-0.4, -0.2) is 30.2 Å². The third-order valence-electron chi connectivity index (χ3n) is 7.85. The van der Waals surface area contributed by atoms with Crippen molar-refractivity contribution in [1.82, 2.24) is 4.57 Å². The number of carbonyl (C=O) groups is 2. The number of aromatic nitrogens is 1. The Morgan fingerprint density at radius 2 is 1.77 bits per heavy atom. The van der Waals surface area contributed by atoms with E-state index in [4.69, 9.17) is 30.5 Å². The predicted octanol–water partition coefficient (Wildman–Crippen LogP) is 6.76. The molecule has 6 rings (SSSR count). The van der Waals surface area contributed by atoms with Crippen LogP contribution in [0.5, 0.6) is 0 Å². The number of furan rings is 1. The molecule has 0 bridgehead atoms. The molecule has 0 unspecified atom stereocenters. The molecule has 0 saturated carbocycles. The highest BCUT2D eigenvalue weighted by Crippen LogP contribution is 2.36. The first kappa shape index (κ1) is 32.0. The topological polar surface area (TPSA) is 100 Å². The number of rotatable bonds is 8. The van der Waals surface area contributed by atoms with Gasteiger partial charge in [0, 0.05) is 22.2 Å². The summed E-state index contributed by atoms with van der Waals surface area (Å²) in [5.41, 5.74) is 3.77. The molecule has 0 amide bonds. The summed E-state index contributed by atoms with van der Waals surface area (Å²) < 4.78 is 18.5. The summed E-state index contributed by atoms with van der Waals surface area (Å²) in [4.78, 5) is 45.7. The minimum Gasteiger partial charge on any atom is -0.465 e. The predicted molar refractivity (Wildman–Crippen MR) is 182 cm³/mol. The van der Waals surface area contributed by atoms with E-state index in [2.05, 4.69) is 13.8 Å². The van der Waals surface area contributed by atoms with Gasteiger partial charge in [-0.05, 0) is 54.3 Å². The van der Waals surface area contributed by atoms with Crippen molar-refractivity contribution in [3.63, 3.8) is 0 Å². The Hall–Kier alpha value is -4.99. The van der Waals surface area contributed by atoms with Crippen molar-refractivity contribution in [2.45, 2.75) is 32.7 Å². The van der Waals surface area contributed by atoms with Gasteiger partial charge in [0.05, 0.1) is 41.1 Å². The first-order valence-electron chi connectivity index (χ1n) is 15.1. The molecule has 3 aromatic carbocycles. The maximum atomic E-state index is 14.2. The molecule has 0 saturated heterocycles. The second kappa shape index (κ2) is 13.4. The number of benzene rings is 3. The van der Waals surface area contributed by atoms with Crippen molar-refractivity contribution in [1.29, 1.82) is 0 Å². The molecular weight excluding hydrogens is 636 g/mol. The largest absolute Gasteiger partial charge is 0.465 e. The van der Waals surface area contributed by atoms with E-state index in [-0.39, 0.29) is 17.7 Å². The molecule has 1 aliphatic rings. The summed E-state index contributed by atoms with van der Waals surface area (Å²) in [5, 5.41) is 0.423. The summed E-state index contributed by atoms with van der Waals surface area (Å²) in [6.07, 6.45) is 1.63. The van der Waals surface area contributed by atoms with Gasteiger partial charge >= 0.3 is 11.9 Å². The molecule has 0 radical (unpaired) electrons. The van der Waals surface area contributed by atoms with E-state index in [0.29, 0.717) is 48.6 Å². The molecule has 0 N–H and O–H groups in total. The molecule has 238 valence electrons. The molecule has 10 heteroatoms. The Morgan fingerprint density at radius 3 is 2.45 bits per heavy atom. The second-order valence-electron chi connectivity index (χ2n) is 11.1. The van der Waals surface area contributed by atoms with Gasteiger partial charge in [-0.1, -0.05) is 91.4 Å². The highest BCUT2D eigenvalue weighted by Gasteiger charge is 2.35. The van der Waals surface area contributed by atoms with E-state index in [1.54, 1.807) is 47.9 Å². The maximum absolute atomic E-state index is 14.2. The van der Waals surface area contributed by atoms with Gasteiger partial charge in [0.1, 0.15) is 11.5 Å². The molecule has 0 aliphatic carbocycles. The monoisotopic (exact) mass is 666 g/mol. The minimum atomic E-state index is -0.787. The van der Waals surface area contributed by atoms with Gasteiger partial charge in [0.15, 0.2) is 4.80 Å². The molecule has 5 aromatic rings. The number of halogens is 1. The summed E-state index contributed by atoms with van der Waals surface area (Å²) in [5.74, 6) is -0.00511. The van der Waals surface area contributed by atoms with Crippen molar-refractivity contribution < 1.29 is 23.5 Å². The van der Waals surface area contributed by atoms with Gasteiger partial charge < -0.3 is 13.9 Å². The number of esters is 2. The lowest BCUT2D eigenvalue weighted by Crippen LogP contribution is -2.40. The van der Waals surface area contributed by atoms with Gasteiger partial charge in [0.25, 0.3) is 5.56 Å². The van der Waals surface area contributed by atoms with Crippen molar-refractivity contribution in [2.75, 3.05) is 13.7 Å². The zero-order valence-electron chi connectivity index (χ0n) is 26.2. The van der Waals surface area contributed by atoms with Crippen molar-refractivity contribution >= 4 is 46.6 Å². The van der Waals surface area contributed by atoms with Gasteiger partial charge in [-0.25, -0.2) is 14.6 Å². The number of ether oxygens (including phenoxy) is 2. The van der Waals surface area contributed by atoms with Crippen LogP contribution >= 0.6 is 22.9 Å². The average molecular weight is 667 g/mol. The number of methoxy groups -OCH3 is 1. The van der Waals surface area contributed by atoms with Crippen LogP contribution in [0.25, 0.3) is 23.1 Å². The fourth-order valence-electron chi connectivity index (χ4n) is 5.53. The van der Waals surface area contributed by atoms with Crippen molar-refractivity contribution in [2.24, 2.45) is 4.99 Å². The number of nitrogens with zero attached hydrogens (tertiary/aromatic N) is 2. The van der Waals surface area contributed by atoms with Crippen LogP contribution in [0, 0.1) is 0 Å². The van der Waals surface area contributed by atoms with E-state index in [9.17, 15) is 14.4 Å². The molecular formula is C37H31ClN2O6S. The molecule has 2 aromatic heterocycles. The van der Waals surface area contributed by atoms with Crippen LogP contribution in [-0.2, 0) is 14.3 Å². The fourth-order valence-corrected chi connectivity index (χ4v) is 6.68. The molecule has 8 nitrogen and oxygen atoms in total. The van der Waals surface area contributed by atoms with E-state index >= 15 is 0 Å². The van der Waals surface area contributed by atoms with Crippen molar-refractivity contribution in [3.8, 4) is 11.3 Å². The lowest BCUT2D eigenvalue weighted by atomic mass is 9.91. The van der Waals surface area contributed by atoms with E-state index < -0.39 is 18.0 Å². The Labute approximate surface area is 279 Å². The highest BCUT2D eigenvalue weighted by atomic mass is 35.5. The average Bonchev–Trinajstić information content (AvgIpc) is 3.68. The standard InChI is InChI=1S/C37H31ClN2O6S/c1-5-45-36(43)31-32(23-9-7-6-8-10-23)39-37-40(33(31)24-13-11-22(12-14-24)21(2)3)34(41)30(47-37)20-26-16-18-29(46-26)28-19-25(38)15-17-27(28)35(42)44-4/h6-21,33H,5H2,1-4H3/b30-20+/t33-/m1/s1. The van der Waals surface area contributed by atoms with Crippen LogP contribution in [0.3, 0.4) is 0 Å². The number of carbonyl (C=O) groups excluding carboxylic acids is 2. The van der Waals surface area contributed by atoms with Crippen molar-refractivity contribution in [3.05, 3.63) is 143 Å². The van der Waals surface area contributed by atoms with E-state index in [1.807, 2.05) is 54.6 Å². The first-order valence-corrected chi connectivity index (χ1v) is 16.3. The lowest BCUT2D eigenvalue weighted by molar-refractivity contribution is -0.138. The zero-order chi connectivity index (χ0) is 33.2. The van der Waals surface area contributed by atoms with Crippen LogP contribution in [0.1, 0.15) is 65.5 Å². The fraction of sp³-hybridized carbons (Fsp3) is 0.189. The molecule has 47 heavy (non-hydrogen) atoms. The van der Waals surface area contributed by atoms with Crippen LogP contribution in [0.4, 0.5) is 0 Å². The number of thiazole rings is 1. The third kappa shape index (κ3) is 6.24. The second-order valence-corrected chi connectivity index (χ2v) is 12.6. The SMILES string of the molecule is CCOC(=O)C1=C(c2ccccc2)N=c2s/c(=C/c3ccc(-c4cc(Cl)ccc4C(=O)OC)o3)c(=O)n2[C@@H]1c1ccc(C(C)C)cc1. The maximum Gasteiger partial charge on any atom is 0.338 e. The minimum absolute atomic E-state index is 0.166. The normalized spacial score (nSPS) is 14.6. The van der Waals surface area contributed by atoms with Crippen LogP contribution in [0.15, 0.2) is 105 Å². The summed E-state index contributed by atoms with van der Waals surface area (Å²) in [7, 11) is 1.30. The molecule has 1 aliphatic heterocycles. The zero-order valence-corrected chi connectivity index (χ0v) is 27.7. The Morgan fingerprint density at radius 1 is 1.02 bits per heavy atom. The molecule has 1 atom stereocenters. The smallest absolute Gasteiger partial charge is 0.338 e. The molecule has 0 spiro atoms. The summed E-state index contributed by atoms with van der Waals surface area (Å²) >= 11 is 7.43. The number of hydrogen-bond acceptors (Lipinski definition) is 8. The van der Waals surface area contributed by atoms with Gasteiger partial charge in [-0.2, -0.15) is 0 Å². The third-order valence-corrected chi connectivity index (χ3v) is 9.06. The number of fused-ring (bicyclic) bond motifs is 1. The molecule has 0 fully saturated rings. The van der Waals surface area contributed by atoms with Crippen LogP contribution in [0.2, 0.25) is 5.02 Å².